The molecule has 0 N–H and O–H groups in total. The lowest BCUT2D eigenvalue weighted by Crippen LogP contribution is -2.03. The van der Waals surface area contributed by atoms with Crippen LogP contribution < -0.4 is 0 Å². The molecule has 0 aromatic rings. The molecule has 0 spiro atoms. The Morgan fingerprint density at radius 3 is 1.54 bits per heavy atom. The van der Waals surface area contributed by atoms with Gasteiger partial charge < -0.3 is 7.15 Å². The zero-order valence-electron chi connectivity index (χ0n) is 8.52. The van der Waals surface area contributed by atoms with Gasteiger partial charge in [-0.25, -0.2) is 0 Å². The van der Waals surface area contributed by atoms with E-state index in [9.17, 15) is 9.13 Å². The molecule has 0 aliphatic carbocycles. The molecule has 0 amide bonds. The van der Waals surface area contributed by atoms with E-state index < -0.39 is 30.6 Å². The van der Waals surface area contributed by atoms with Crippen LogP contribution in [0, 0.1) is 0 Å². The Morgan fingerprint density at radius 2 is 1.31 bits per heavy atom. The van der Waals surface area contributed by atoms with Crippen LogP contribution in [0.3, 0.4) is 0 Å². The van der Waals surface area contributed by atoms with E-state index >= 15 is 0 Å². The van der Waals surface area contributed by atoms with Crippen LogP contribution in [0.4, 0.5) is 0 Å². The summed E-state index contributed by atoms with van der Waals surface area (Å²) in [5.41, 5.74) is 0. The van der Waals surface area contributed by atoms with Crippen LogP contribution in [0.25, 0.3) is 0 Å². The number of hydrogen-bond donors (Lipinski definition) is 0. The third-order valence-electron chi connectivity index (χ3n) is 1.68. The molecule has 0 aliphatic rings. The first-order valence-electron chi connectivity index (χ1n) is 4.14. The van der Waals surface area contributed by atoms with Gasteiger partial charge in [-0.05, 0) is 0 Å². The summed E-state index contributed by atoms with van der Waals surface area (Å²) in [6.45, 7) is 6.73. The minimum atomic E-state index is -2.48. The summed E-state index contributed by atoms with van der Waals surface area (Å²) >= 11 is -0.861. The van der Waals surface area contributed by atoms with Crippen LogP contribution in [0.2, 0.25) is 0 Å². The predicted molar refractivity (Wildman–Crippen MR) is 56.1 cm³/mol. The van der Waals surface area contributed by atoms with Crippen LogP contribution in [0.5, 0.6) is 0 Å². The van der Waals surface area contributed by atoms with Gasteiger partial charge in [0.15, 0.2) is 14.7 Å². The van der Waals surface area contributed by atoms with Gasteiger partial charge in [0.2, 0.25) is 0 Å². The van der Waals surface area contributed by atoms with Crippen molar-refractivity contribution >= 4 is 30.6 Å². The second-order valence-corrected chi connectivity index (χ2v) is 10.2. The molecule has 0 bridgehead atoms. The molecule has 4 nitrogen and oxygen atoms in total. The molecule has 0 saturated carbocycles. The van der Waals surface area contributed by atoms with E-state index in [0.717, 1.165) is 0 Å². The van der Waals surface area contributed by atoms with E-state index in [1.165, 1.54) is 0 Å². The van der Waals surface area contributed by atoms with Crippen LogP contribution in [0.1, 0.15) is 13.8 Å². The van der Waals surface area contributed by atoms with Crippen molar-refractivity contribution < 1.29 is 16.3 Å². The Bertz CT molecular complexity index is 219. The molecule has 2 unspecified atom stereocenters. The van der Waals surface area contributed by atoms with E-state index in [4.69, 9.17) is 7.15 Å². The van der Waals surface area contributed by atoms with Crippen LogP contribution in [-0.4, -0.2) is 41.5 Å². The molecule has 0 aromatic carbocycles. The van der Waals surface area contributed by atoms with Gasteiger partial charge in [-0.2, -0.15) is 0 Å². The van der Waals surface area contributed by atoms with Gasteiger partial charge in [0.1, 0.15) is 0 Å². The highest BCUT2D eigenvalue weighted by atomic mass is 31.2. The summed E-state index contributed by atoms with van der Waals surface area (Å²) in [4.78, 5) is 0. The van der Waals surface area contributed by atoms with E-state index in [-0.39, 0.29) is 0 Å². The Labute approximate surface area is 86.7 Å². The summed E-state index contributed by atoms with van der Waals surface area (Å²) in [5, 5.41) is 0. The lowest BCUT2D eigenvalue weighted by molar-refractivity contribution is 0.432. The fourth-order valence-corrected chi connectivity index (χ4v) is 3.50. The Kier molecular flexibility index (Phi) is 6.11. The lowest BCUT2D eigenvalue weighted by atomic mass is 11.0. The summed E-state index contributed by atoms with van der Waals surface area (Å²) in [6.07, 6.45) is 0.979. The van der Waals surface area contributed by atoms with Crippen molar-refractivity contribution in [3.8, 4) is 0 Å². The van der Waals surface area contributed by atoms with Crippen molar-refractivity contribution in [2.24, 2.45) is 0 Å². The van der Waals surface area contributed by atoms with Gasteiger partial charge in [-0.1, -0.05) is 13.8 Å². The fourth-order valence-electron chi connectivity index (χ4n) is 0.350. The molecule has 77 valence electrons. The topological polar surface area (TPSA) is 52.6 Å². The van der Waals surface area contributed by atoms with Crippen molar-refractivity contribution in [2.45, 2.75) is 13.8 Å². The number of hydrogen-bond acceptors (Lipinski definition) is 4. The quantitative estimate of drug-likeness (QED) is 0.529. The number of rotatable bonds is 6. The molecular formula is C6H16AlO4P2. The second-order valence-electron chi connectivity index (χ2n) is 2.97. The van der Waals surface area contributed by atoms with E-state index in [1.807, 2.05) is 0 Å². The Hall–Kier alpha value is 0.912. The summed E-state index contributed by atoms with van der Waals surface area (Å²) in [6, 6.07) is 0. The lowest BCUT2D eigenvalue weighted by Gasteiger charge is -2.15. The van der Waals surface area contributed by atoms with Crippen LogP contribution >= 0.6 is 14.7 Å². The SMILES string of the molecule is CCP(C)(=O)[O][Al][O]P(C)(=O)CC. The summed E-state index contributed by atoms with van der Waals surface area (Å²) in [5.74, 6) is 0. The highest BCUT2D eigenvalue weighted by Crippen LogP contribution is 2.45. The van der Waals surface area contributed by atoms with Crippen LogP contribution in [0.15, 0.2) is 0 Å². The van der Waals surface area contributed by atoms with Crippen molar-refractivity contribution in [2.75, 3.05) is 25.7 Å². The van der Waals surface area contributed by atoms with Gasteiger partial charge >= 0.3 is 15.9 Å². The molecule has 0 aliphatic heterocycles. The average molecular weight is 241 g/mol. The average Bonchev–Trinajstić information content (AvgIpc) is 2.04. The van der Waals surface area contributed by atoms with Gasteiger partial charge in [-0.15, -0.1) is 0 Å². The maximum atomic E-state index is 11.4. The largest absolute Gasteiger partial charge is 0.679 e. The minimum absolute atomic E-state index is 0.490. The molecule has 2 atom stereocenters. The van der Waals surface area contributed by atoms with Gasteiger partial charge in [0, 0.05) is 25.7 Å². The van der Waals surface area contributed by atoms with E-state index in [2.05, 4.69) is 0 Å². The fraction of sp³-hybridized carbons (Fsp3) is 1.00. The molecule has 0 fully saturated rings. The van der Waals surface area contributed by atoms with Gasteiger partial charge in [-0.3, -0.25) is 9.13 Å². The maximum absolute atomic E-state index is 11.4. The van der Waals surface area contributed by atoms with Crippen LogP contribution in [-0.2, 0) is 16.3 Å². The highest BCUT2D eigenvalue weighted by Gasteiger charge is 2.19. The molecule has 7 heteroatoms. The van der Waals surface area contributed by atoms with Gasteiger partial charge in [0.25, 0.3) is 0 Å². The monoisotopic (exact) mass is 241 g/mol. The van der Waals surface area contributed by atoms with Crippen molar-refractivity contribution in [3.05, 3.63) is 0 Å². The molecule has 0 aromatic heterocycles. The summed E-state index contributed by atoms with van der Waals surface area (Å²) in [7, 11) is -4.96. The maximum Gasteiger partial charge on any atom is 0.679 e. The van der Waals surface area contributed by atoms with E-state index in [1.54, 1.807) is 27.2 Å². The minimum Gasteiger partial charge on any atom is -0.435 e. The zero-order valence-corrected chi connectivity index (χ0v) is 11.5. The highest BCUT2D eigenvalue weighted by molar-refractivity contribution is 7.60. The first-order chi connectivity index (χ1) is 5.83. The first kappa shape index (κ1) is 13.9. The third kappa shape index (κ3) is 6.91. The Morgan fingerprint density at radius 1 is 1.00 bits per heavy atom. The molecular weight excluding hydrogens is 225 g/mol. The second kappa shape index (κ2) is 5.71. The normalized spacial score (nSPS) is 20.3. The standard InChI is InChI=1S/2C3H9O2P.Al/c2*1-3-6(2,4)5;/h2*3H2,1-2H3,(H,4,5);/q;;+2/p-2. The van der Waals surface area contributed by atoms with Crippen molar-refractivity contribution in [3.63, 3.8) is 0 Å². The third-order valence-corrected chi connectivity index (χ3v) is 8.23. The molecule has 0 heterocycles. The smallest absolute Gasteiger partial charge is 0.435 e. The molecule has 1 radical (unpaired) electrons. The van der Waals surface area contributed by atoms with Gasteiger partial charge in [0.05, 0.1) is 0 Å². The molecule has 0 saturated heterocycles. The molecule has 0 rings (SSSR count). The predicted octanol–water partition coefficient (Wildman–Crippen LogP) is 2.41. The Balaban J connectivity index is 3.81. The first-order valence-corrected chi connectivity index (χ1v) is 9.60. The van der Waals surface area contributed by atoms with E-state index in [0.29, 0.717) is 12.3 Å². The molecule has 13 heavy (non-hydrogen) atoms. The zero-order chi connectivity index (χ0) is 10.5. The summed E-state index contributed by atoms with van der Waals surface area (Å²) < 4.78 is 32.9. The van der Waals surface area contributed by atoms with Crippen molar-refractivity contribution in [1.29, 1.82) is 0 Å². The van der Waals surface area contributed by atoms with Crippen molar-refractivity contribution in [1.82, 2.24) is 0 Å².